The molecule has 0 aromatic heterocycles. The number of methoxy groups -OCH3 is 1. The second-order valence-electron chi connectivity index (χ2n) is 9.97. The Bertz CT molecular complexity index is 1110. The quantitative estimate of drug-likeness (QED) is 0.281. The van der Waals surface area contributed by atoms with Crippen molar-refractivity contribution in [3.63, 3.8) is 0 Å². The van der Waals surface area contributed by atoms with E-state index in [1.165, 1.54) is 7.11 Å². The molecule has 0 bridgehead atoms. The van der Waals surface area contributed by atoms with Crippen LogP contribution in [0.1, 0.15) is 29.5 Å². The van der Waals surface area contributed by atoms with Crippen molar-refractivity contribution in [2.75, 3.05) is 46.8 Å². The van der Waals surface area contributed by atoms with E-state index in [0.29, 0.717) is 16.8 Å². The molecule has 0 spiro atoms. The summed E-state index contributed by atoms with van der Waals surface area (Å²) >= 11 is 0. The number of ether oxygens (including phenoxy) is 1. The van der Waals surface area contributed by atoms with Gasteiger partial charge >= 0.3 is 0 Å². The maximum atomic E-state index is 13.9. The smallest absolute Gasteiger partial charge is 0.225 e. The lowest BCUT2D eigenvalue weighted by molar-refractivity contribution is -0.163. The lowest BCUT2D eigenvalue weighted by Crippen LogP contribution is -2.64. The number of aliphatic hydroxyl groups excluding tert-OH is 2. The number of phenolic OH excluding ortho intramolecular Hbond substituents is 1. The lowest BCUT2D eigenvalue weighted by atomic mass is 9.59. The first-order chi connectivity index (χ1) is 16.8. The predicted octanol–water partition coefficient (Wildman–Crippen LogP) is -0.267. The molecule has 198 valence electrons. The average Bonchev–Trinajstić information content (AvgIpc) is 2.78. The standard InChI is InChI=1S/C25H35N3O8/c1-27(2)16-8-13(11-36-5)22(32)21-14(16)6-12-7-15(17(10-29)28(3)4)25(35,18(30)9-19(26)31)24(34)20(12)23(21)33/h8,12,15,17,29,32-33,35H,6-7,9-11H2,1-5H3,(H2,26,31)/t12-,15-,17-,25+/m0/s1. The summed E-state index contributed by atoms with van der Waals surface area (Å²) < 4.78 is 5.17. The first-order valence-corrected chi connectivity index (χ1v) is 11.6. The number of aliphatic hydroxyl groups is 3. The number of ketones is 2. The Balaban J connectivity index is 2.29. The van der Waals surface area contributed by atoms with Gasteiger partial charge in [-0.15, -0.1) is 0 Å². The van der Waals surface area contributed by atoms with E-state index in [1.807, 2.05) is 19.0 Å². The highest BCUT2D eigenvalue weighted by Gasteiger charge is 2.60. The summed E-state index contributed by atoms with van der Waals surface area (Å²) in [5.74, 6) is -5.65. The van der Waals surface area contributed by atoms with E-state index in [0.717, 1.165) is 0 Å². The normalized spacial score (nSPS) is 24.4. The summed E-state index contributed by atoms with van der Waals surface area (Å²) in [7, 11) is 8.36. The van der Waals surface area contributed by atoms with Gasteiger partial charge in [-0.25, -0.2) is 0 Å². The molecule has 11 heteroatoms. The number of anilines is 1. The Morgan fingerprint density at radius 3 is 2.39 bits per heavy atom. The maximum absolute atomic E-state index is 13.9. The molecule has 36 heavy (non-hydrogen) atoms. The molecule has 11 nitrogen and oxygen atoms in total. The minimum atomic E-state index is -2.70. The van der Waals surface area contributed by atoms with Crippen molar-refractivity contribution < 1.29 is 39.5 Å². The topological polar surface area (TPSA) is 174 Å². The van der Waals surface area contributed by atoms with Crippen LogP contribution in [-0.4, -0.2) is 96.3 Å². The number of aromatic hydroxyl groups is 1. The van der Waals surface area contributed by atoms with Crippen LogP contribution >= 0.6 is 0 Å². The van der Waals surface area contributed by atoms with Crippen LogP contribution in [0.15, 0.2) is 11.6 Å². The van der Waals surface area contributed by atoms with Crippen LogP contribution in [0.3, 0.4) is 0 Å². The predicted molar refractivity (Wildman–Crippen MR) is 131 cm³/mol. The summed E-state index contributed by atoms with van der Waals surface area (Å²) in [4.78, 5) is 41.9. The summed E-state index contributed by atoms with van der Waals surface area (Å²) in [6.07, 6.45) is -0.590. The third-order valence-corrected chi connectivity index (χ3v) is 7.34. The van der Waals surface area contributed by atoms with Crippen molar-refractivity contribution in [1.82, 2.24) is 4.90 Å². The molecule has 1 aromatic rings. The lowest BCUT2D eigenvalue weighted by Gasteiger charge is -2.47. The second kappa shape index (κ2) is 10.2. The number of hydrogen-bond acceptors (Lipinski definition) is 10. The molecular formula is C25H35N3O8. The van der Waals surface area contributed by atoms with Crippen molar-refractivity contribution in [3.05, 3.63) is 28.3 Å². The SMILES string of the molecule is COCc1cc(N(C)C)c2c(c1O)C(O)=C1C(=O)[C@](O)(C(=O)CC(N)=O)[C@H]([C@H](CO)N(C)C)C[C@@H]1C2. The molecule has 0 aliphatic heterocycles. The summed E-state index contributed by atoms with van der Waals surface area (Å²) in [5, 5.41) is 44.1. The second-order valence-corrected chi connectivity index (χ2v) is 9.97. The van der Waals surface area contributed by atoms with Crippen LogP contribution in [0, 0.1) is 11.8 Å². The highest BCUT2D eigenvalue weighted by atomic mass is 16.5. The van der Waals surface area contributed by atoms with E-state index in [-0.39, 0.29) is 36.3 Å². The Labute approximate surface area is 209 Å². The van der Waals surface area contributed by atoms with E-state index in [9.17, 15) is 34.8 Å². The van der Waals surface area contributed by atoms with Crippen molar-refractivity contribution in [3.8, 4) is 5.75 Å². The number of amides is 1. The van der Waals surface area contributed by atoms with Crippen LogP contribution in [0.25, 0.3) is 5.76 Å². The number of rotatable bonds is 9. The number of phenols is 1. The molecule has 0 unspecified atom stereocenters. The van der Waals surface area contributed by atoms with Gasteiger partial charge in [0.05, 0.1) is 25.2 Å². The van der Waals surface area contributed by atoms with Crippen LogP contribution in [0.4, 0.5) is 5.69 Å². The zero-order valence-corrected chi connectivity index (χ0v) is 21.2. The molecule has 1 aromatic carbocycles. The number of carbonyl (C=O) groups is 3. The number of likely N-dealkylation sites (N-methyl/N-ethyl adjacent to an activating group) is 1. The molecule has 1 fully saturated rings. The van der Waals surface area contributed by atoms with Gasteiger partial charge in [-0.2, -0.15) is 0 Å². The summed E-state index contributed by atoms with van der Waals surface area (Å²) in [6.45, 7) is -0.417. The Kier molecular flexibility index (Phi) is 7.80. The van der Waals surface area contributed by atoms with Gasteiger partial charge in [0.2, 0.25) is 11.7 Å². The minimum absolute atomic E-state index is 0.0438. The van der Waals surface area contributed by atoms with Crippen molar-refractivity contribution >= 4 is 28.9 Å². The highest BCUT2D eigenvalue weighted by molar-refractivity contribution is 6.23. The number of hydrogen-bond donors (Lipinski definition) is 5. The zero-order chi connectivity index (χ0) is 27.1. The molecule has 0 radical (unpaired) electrons. The fraction of sp³-hybridized carbons (Fsp3) is 0.560. The van der Waals surface area contributed by atoms with Crippen LogP contribution in [0.5, 0.6) is 5.75 Å². The number of carbonyl (C=O) groups excluding carboxylic acids is 3. The molecule has 0 heterocycles. The number of nitrogens with zero attached hydrogens (tertiary/aromatic N) is 2. The first-order valence-electron chi connectivity index (χ1n) is 11.6. The molecular weight excluding hydrogens is 470 g/mol. The van der Waals surface area contributed by atoms with E-state index in [1.54, 1.807) is 25.1 Å². The maximum Gasteiger partial charge on any atom is 0.225 e. The Hall–Kier alpha value is -2.99. The van der Waals surface area contributed by atoms with Gasteiger partial charge in [0.25, 0.3) is 0 Å². The number of Topliss-reactive ketones (excluding diaryl/α,β-unsaturated/α-hetero) is 2. The Morgan fingerprint density at radius 2 is 1.89 bits per heavy atom. The molecule has 0 saturated heterocycles. The molecule has 4 atom stereocenters. The van der Waals surface area contributed by atoms with E-state index in [4.69, 9.17) is 10.5 Å². The van der Waals surface area contributed by atoms with Gasteiger partial charge in [0, 0.05) is 50.0 Å². The van der Waals surface area contributed by atoms with E-state index >= 15 is 0 Å². The molecule has 2 aliphatic rings. The van der Waals surface area contributed by atoms with Gasteiger partial charge in [-0.05, 0) is 44.5 Å². The van der Waals surface area contributed by atoms with Gasteiger partial charge < -0.3 is 40.7 Å². The third kappa shape index (κ3) is 4.36. The van der Waals surface area contributed by atoms with Crippen molar-refractivity contribution in [2.45, 2.75) is 37.5 Å². The van der Waals surface area contributed by atoms with Crippen molar-refractivity contribution in [1.29, 1.82) is 0 Å². The van der Waals surface area contributed by atoms with Crippen molar-refractivity contribution in [2.24, 2.45) is 17.6 Å². The number of primary amides is 1. The monoisotopic (exact) mass is 505 g/mol. The van der Waals surface area contributed by atoms with E-state index in [2.05, 4.69) is 0 Å². The Morgan fingerprint density at radius 1 is 1.25 bits per heavy atom. The van der Waals surface area contributed by atoms with Gasteiger partial charge in [0.15, 0.2) is 11.4 Å². The van der Waals surface area contributed by atoms with Crippen LogP contribution < -0.4 is 10.6 Å². The number of nitrogens with two attached hydrogens (primary N) is 1. The number of fused-ring (bicyclic) bond motifs is 2. The van der Waals surface area contributed by atoms with Crippen LogP contribution in [-0.2, 0) is 32.1 Å². The van der Waals surface area contributed by atoms with Gasteiger partial charge in [0.1, 0.15) is 11.5 Å². The minimum Gasteiger partial charge on any atom is -0.507 e. The molecule has 2 aliphatic carbocycles. The fourth-order valence-electron chi connectivity index (χ4n) is 5.61. The molecule has 1 amide bonds. The highest BCUT2D eigenvalue weighted by Crippen LogP contribution is 2.51. The fourth-order valence-corrected chi connectivity index (χ4v) is 5.61. The molecule has 6 N–H and O–H groups in total. The summed E-state index contributed by atoms with van der Waals surface area (Å²) in [6, 6.07) is 0.952. The van der Waals surface area contributed by atoms with E-state index < -0.39 is 59.7 Å². The third-order valence-electron chi connectivity index (χ3n) is 7.34. The average molecular weight is 506 g/mol. The zero-order valence-electron chi connectivity index (χ0n) is 21.2. The van der Waals surface area contributed by atoms with Gasteiger partial charge in [-0.3, -0.25) is 14.4 Å². The molecule has 3 rings (SSSR count). The summed E-state index contributed by atoms with van der Waals surface area (Å²) in [5.41, 5.74) is 4.05. The largest absolute Gasteiger partial charge is 0.507 e. The number of benzene rings is 1. The van der Waals surface area contributed by atoms with Gasteiger partial charge in [-0.1, -0.05) is 0 Å². The van der Waals surface area contributed by atoms with Crippen LogP contribution in [0.2, 0.25) is 0 Å². The molecule has 1 saturated carbocycles. The first kappa shape index (κ1) is 27.6.